The van der Waals surface area contributed by atoms with Crippen LogP contribution in [0.15, 0.2) is 24.5 Å². The molecule has 0 bridgehead atoms. The van der Waals surface area contributed by atoms with E-state index in [1.54, 1.807) is 6.20 Å². The highest BCUT2D eigenvalue weighted by Crippen LogP contribution is 2.31. The van der Waals surface area contributed by atoms with Crippen LogP contribution in [-0.2, 0) is 4.79 Å². The van der Waals surface area contributed by atoms with Crippen LogP contribution >= 0.6 is 0 Å². The molecule has 1 unspecified atom stereocenters. The number of piperidine rings is 1. The number of aromatic amines is 1. The fraction of sp³-hybridized carbons (Fsp3) is 0.333. The van der Waals surface area contributed by atoms with Crippen LogP contribution in [0.5, 0.6) is 0 Å². The summed E-state index contributed by atoms with van der Waals surface area (Å²) < 4.78 is 0. The van der Waals surface area contributed by atoms with Gasteiger partial charge in [-0.05, 0) is 25.0 Å². The van der Waals surface area contributed by atoms with Crippen LogP contribution in [0.1, 0.15) is 12.8 Å². The predicted octanol–water partition coefficient (Wildman–Crippen LogP) is 1.81. The van der Waals surface area contributed by atoms with Crippen LogP contribution in [0.2, 0.25) is 0 Å². The maximum atomic E-state index is 11.3. The first kappa shape index (κ1) is 13.0. The Morgan fingerprint density at radius 1 is 1.36 bits per heavy atom. The fourth-order valence-corrected chi connectivity index (χ4v) is 3.14. The molecule has 3 aromatic rings. The van der Waals surface area contributed by atoms with Crippen LogP contribution in [0.4, 0.5) is 5.82 Å². The van der Waals surface area contributed by atoms with E-state index < -0.39 is 5.97 Å². The second-order valence-corrected chi connectivity index (χ2v) is 5.59. The van der Waals surface area contributed by atoms with Crippen molar-refractivity contribution >= 4 is 33.7 Å². The van der Waals surface area contributed by atoms with Gasteiger partial charge in [0.2, 0.25) is 0 Å². The van der Waals surface area contributed by atoms with Crippen molar-refractivity contribution in [3.63, 3.8) is 0 Å². The van der Waals surface area contributed by atoms with Gasteiger partial charge in [-0.2, -0.15) is 0 Å². The van der Waals surface area contributed by atoms with Gasteiger partial charge < -0.3 is 15.0 Å². The molecule has 1 aliphatic heterocycles. The molecule has 3 aromatic heterocycles. The van der Waals surface area contributed by atoms with Gasteiger partial charge in [-0.1, -0.05) is 0 Å². The fourth-order valence-electron chi connectivity index (χ4n) is 3.14. The number of aromatic nitrogens is 4. The first-order valence-electron chi connectivity index (χ1n) is 7.30. The maximum Gasteiger partial charge on any atom is 0.308 e. The van der Waals surface area contributed by atoms with Crippen LogP contribution in [-0.4, -0.2) is 44.3 Å². The second-order valence-electron chi connectivity index (χ2n) is 5.59. The Morgan fingerprint density at radius 2 is 2.27 bits per heavy atom. The smallest absolute Gasteiger partial charge is 0.308 e. The molecule has 0 saturated carbocycles. The molecular formula is C15H15N5O2. The predicted molar refractivity (Wildman–Crippen MR) is 81.8 cm³/mol. The first-order valence-corrected chi connectivity index (χ1v) is 7.30. The molecule has 0 radical (unpaired) electrons. The Hall–Kier alpha value is -2.70. The number of aliphatic carboxylic acids is 1. The van der Waals surface area contributed by atoms with Crippen molar-refractivity contribution in [2.75, 3.05) is 18.0 Å². The van der Waals surface area contributed by atoms with Gasteiger partial charge in [-0.25, -0.2) is 4.98 Å². The molecule has 4 heterocycles. The zero-order valence-electron chi connectivity index (χ0n) is 11.9. The van der Waals surface area contributed by atoms with Crippen LogP contribution in [0.3, 0.4) is 0 Å². The minimum absolute atomic E-state index is 0.345. The van der Waals surface area contributed by atoms with Crippen molar-refractivity contribution in [2.45, 2.75) is 12.8 Å². The molecule has 1 saturated heterocycles. The Morgan fingerprint density at radius 3 is 3.14 bits per heavy atom. The highest BCUT2D eigenvalue weighted by atomic mass is 16.4. The highest BCUT2D eigenvalue weighted by Gasteiger charge is 2.27. The van der Waals surface area contributed by atoms with E-state index in [4.69, 9.17) is 0 Å². The van der Waals surface area contributed by atoms with E-state index in [2.05, 4.69) is 25.1 Å². The number of carboxylic acids is 1. The van der Waals surface area contributed by atoms with Crippen LogP contribution in [0.25, 0.3) is 21.9 Å². The number of anilines is 1. The lowest BCUT2D eigenvalue weighted by molar-refractivity contribution is -0.141. The molecule has 7 nitrogen and oxygen atoms in total. The quantitative estimate of drug-likeness (QED) is 0.749. The van der Waals surface area contributed by atoms with Gasteiger partial charge in [-0.15, -0.1) is 10.2 Å². The lowest BCUT2D eigenvalue weighted by Gasteiger charge is -2.32. The summed E-state index contributed by atoms with van der Waals surface area (Å²) in [4.78, 5) is 20.9. The molecule has 0 spiro atoms. The number of H-pyrrole nitrogens is 1. The molecule has 0 aromatic carbocycles. The summed E-state index contributed by atoms with van der Waals surface area (Å²) in [6, 6.07) is 3.78. The van der Waals surface area contributed by atoms with E-state index >= 15 is 0 Å². The average molecular weight is 297 g/mol. The molecule has 4 rings (SSSR count). The third-order valence-corrected chi connectivity index (χ3v) is 4.23. The lowest BCUT2D eigenvalue weighted by Crippen LogP contribution is -2.39. The third-order valence-electron chi connectivity index (χ3n) is 4.23. The van der Waals surface area contributed by atoms with E-state index in [1.165, 1.54) is 0 Å². The summed E-state index contributed by atoms with van der Waals surface area (Å²) in [6.45, 7) is 1.29. The summed E-state index contributed by atoms with van der Waals surface area (Å²) >= 11 is 0. The van der Waals surface area contributed by atoms with Crippen molar-refractivity contribution in [2.24, 2.45) is 5.92 Å². The Labute approximate surface area is 126 Å². The summed E-state index contributed by atoms with van der Waals surface area (Å²) in [6.07, 6.45) is 5.10. The third kappa shape index (κ3) is 1.97. The van der Waals surface area contributed by atoms with Crippen molar-refractivity contribution in [3.8, 4) is 0 Å². The van der Waals surface area contributed by atoms with Crippen LogP contribution < -0.4 is 4.90 Å². The van der Waals surface area contributed by atoms with Crippen molar-refractivity contribution in [3.05, 3.63) is 24.5 Å². The monoisotopic (exact) mass is 297 g/mol. The molecule has 2 N–H and O–H groups in total. The first-order chi connectivity index (χ1) is 10.7. The Kier molecular flexibility index (Phi) is 2.92. The van der Waals surface area contributed by atoms with E-state index in [-0.39, 0.29) is 5.92 Å². The summed E-state index contributed by atoms with van der Waals surface area (Å²) in [5, 5.41) is 19.6. The number of carbonyl (C=O) groups is 1. The standard InChI is InChI=1S/C15H15N5O2/c21-15(22)9-2-1-7-20(8-9)14-12-10-3-5-16-13(10)19-18-11(12)4-6-17-14/h3-6,9H,1-2,7-8H2,(H,16,19)(H,21,22). The van der Waals surface area contributed by atoms with Crippen molar-refractivity contribution in [1.82, 2.24) is 20.2 Å². The zero-order chi connectivity index (χ0) is 15.1. The maximum absolute atomic E-state index is 11.3. The minimum Gasteiger partial charge on any atom is -0.481 e. The van der Waals surface area contributed by atoms with Crippen LogP contribution in [0, 0.1) is 5.92 Å². The molecule has 1 fully saturated rings. The van der Waals surface area contributed by atoms with E-state index in [9.17, 15) is 9.90 Å². The number of hydrogen-bond acceptors (Lipinski definition) is 5. The molecular weight excluding hydrogens is 282 g/mol. The number of rotatable bonds is 2. The SMILES string of the molecule is O=C(O)C1CCCN(c2nccc3nnc4[nH]ccc4c23)C1. The van der Waals surface area contributed by atoms with Gasteiger partial charge in [0.05, 0.1) is 16.8 Å². The van der Waals surface area contributed by atoms with Gasteiger partial charge in [-0.3, -0.25) is 4.79 Å². The second kappa shape index (κ2) is 4.94. The molecule has 22 heavy (non-hydrogen) atoms. The summed E-state index contributed by atoms with van der Waals surface area (Å²) in [5.74, 6) is -0.290. The highest BCUT2D eigenvalue weighted by molar-refractivity contribution is 6.08. The number of pyridine rings is 1. The molecule has 0 aliphatic carbocycles. The Bertz CT molecular complexity index is 859. The average Bonchev–Trinajstić information content (AvgIpc) is 3.03. The number of carboxylic acid groups (broad SMARTS) is 1. The summed E-state index contributed by atoms with van der Waals surface area (Å²) in [7, 11) is 0. The van der Waals surface area contributed by atoms with Gasteiger partial charge in [0.25, 0.3) is 0 Å². The molecule has 1 atom stereocenters. The number of hydrogen-bond donors (Lipinski definition) is 2. The number of fused-ring (bicyclic) bond motifs is 3. The van der Waals surface area contributed by atoms with E-state index in [0.29, 0.717) is 12.2 Å². The summed E-state index contributed by atoms with van der Waals surface area (Å²) in [5.41, 5.74) is 1.49. The largest absolute Gasteiger partial charge is 0.481 e. The van der Waals surface area contributed by atoms with Gasteiger partial charge in [0.15, 0.2) is 5.65 Å². The van der Waals surface area contributed by atoms with Gasteiger partial charge in [0.1, 0.15) is 5.82 Å². The van der Waals surface area contributed by atoms with Gasteiger partial charge in [0, 0.05) is 30.9 Å². The van der Waals surface area contributed by atoms with Crippen molar-refractivity contribution in [1.29, 1.82) is 0 Å². The number of nitrogens with zero attached hydrogens (tertiary/aromatic N) is 4. The minimum atomic E-state index is -0.739. The zero-order valence-corrected chi connectivity index (χ0v) is 11.9. The molecule has 7 heteroatoms. The molecule has 0 amide bonds. The topological polar surface area (TPSA) is 95.0 Å². The number of nitrogens with one attached hydrogen (secondary N) is 1. The van der Waals surface area contributed by atoms with E-state index in [0.717, 1.165) is 41.5 Å². The normalized spacial score (nSPS) is 18.9. The van der Waals surface area contributed by atoms with Gasteiger partial charge >= 0.3 is 5.97 Å². The van der Waals surface area contributed by atoms with E-state index in [1.807, 2.05) is 18.3 Å². The lowest BCUT2D eigenvalue weighted by atomic mass is 9.98. The Balaban J connectivity index is 1.87. The van der Waals surface area contributed by atoms with Crippen molar-refractivity contribution < 1.29 is 9.90 Å². The molecule has 1 aliphatic rings. The molecule has 112 valence electrons.